The van der Waals surface area contributed by atoms with E-state index in [1.807, 2.05) is 24.3 Å². The third-order valence-corrected chi connectivity index (χ3v) is 5.29. The minimum absolute atomic E-state index is 0.245. The van der Waals surface area contributed by atoms with Gasteiger partial charge in [-0.05, 0) is 62.6 Å². The molecule has 2 saturated carbocycles. The summed E-state index contributed by atoms with van der Waals surface area (Å²) >= 11 is 0. The van der Waals surface area contributed by atoms with Crippen LogP contribution in [0.2, 0.25) is 0 Å². The first-order valence-electron chi connectivity index (χ1n) is 8.19. The number of nitrogen functional groups attached to an aromatic ring is 1. The predicted molar refractivity (Wildman–Crippen MR) is 85.5 cm³/mol. The summed E-state index contributed by atoms with van der Waals surface area (Å²) < 4.78 is 0. The molecular formula is C18H26N2O. The van der Waals surface area contributed by atoms with Crippen molar-refractivity contribution in [2.24, 2.45) is 17.8 Å². The number of nitrogens with two attached hydrogens (primary N) is 1. The average Bonchev–Trinajstić information content (AvgIpc) is 3.08. The van der Waals surface area contributed by atoms with Crippen molar-refractivity contribution < 1.29 is 4.79 Å². The van der Waals surface area contributed by atoms with Crippen LogP contribution >= 0.6 is 0 Å². The van der Waals surface area contributed by atoms with Crippen molar-refractivity contribution in [2.75, 3.05) is 5.73 Å². The van der Waals surface area contributed by atoms with Crippen LogP contribution < -0.4 is 5.73 Å². The fourth-order valence-electron chi connectivity index (χ4n) is 4.09. The molecule has 2 N–H and O–H groups in total. The number of carbonyl (C=O) groups excluding carboxylic acids is 1. The molecule has 0 spiro atoms. The minimum atomic E-state index is 0.245. The van der Waals surface area contributed by atoms with Gasteiger partial charge < -0.3 is 10.6 Å². The Kier molecular flexibility index (Phi) is 3.92. The van der Waals surface area contributed by atoms with Gasteiger partial charge in [0.25, 0.3) is 0 Å². The summed E-state index contributed by atoms with van der Waals surface area (Å²) in [5, 5.41) is 0. The Bertz CT molecular complexity index is 508. The van der Waals surface area contributed by atoms with E-state index < -0.39 is 0 Å². The van der Waals surface area contributed by atoms with Gasteiger partial charge in [-0.25, -0.2) is 0 Å². The molecule has 1 amide bonds. The molecule has 3 atom stereocenters. The number of hydrogen-bond acceptors (Lipinski definition) is 2. The van der Waals surface area contributed by atoms with E-state index in [1.165, 1.54) is 19.3 Å². The maximum absolute atomic E-state index is 12.9. The molecule has 3 unspecified atom stereocenters. The fraction of sp³-hybridized carbons (Fsp3) is 0.611. The average molecular weight is 286 g/mol. The lowest BCUT2D eigenvalue weighted by atomic mass is 9.87. The van der Waals surface area contributed by atoms with Crippen molar-refractivity contribution >= 4 is 11.6 Å². The van der Waals surface area contributed by atoms with Crippen LogP contribution in [0, 0.1) is 17.8 Å². The van der Waals surface area contributed by atoms with Crippen LogP contribution in [-0.4, -0.2) is 16.8 Å². The first-order chi connectivity index (χ1) is 10.0. The van der Waals surface area contributed by atoms with E-state index in [0.717, 1.165) is 23.6 Å². The van der Waals surface area contributed by atoms with Gasteiger partial charge in [-0.1, -0.05) is 18.6 Å². The molecule has 2 aliphatic rings. The van der Waals surface area contributed by atoms with E-state index in [1.54, 1.807) is 0 Å². The molecule has 0 aliphatic heterocycles. The van der Waals surface area contributed by atoms with E-state index in [-0.39, 0.29) is 12.0 Å². The summed E-state index contributed by atoms with van der Waals surface area (Å²) in [4.78, 5) is 15.0. The zero-order valence-electron chi connectivity index (χ0n) is 13.1. The summed E-state index contributed by atoms with van der Waals surface area (Å²) in [5.41, 5.74) is 7.67. The van der Waals surface area contributed by atoms with Crippen molar-refractivity contribution in [3.05, 3.63) is 29.8 Å². The largest absolute Gasteiger partial charge is 0.399 e. The molecule has 0 radical (unpaired) electrons. The molecule has 2 fully saturated rings. The molecule has 2 aliphatic carbocycles. The molecule has 0 aromatic heterocycles. The van der Waals surface area contributed by atoms with Gasteiger partial charge in [0.15, 0.2) is 0 Å². The topological polar surface area (TPSA) is 46.3 Å². The number of fused-ring (bicyclic) bond motifs is 2. The van der Waals surface area contributed by atoms with Crippen LogP contribution in [0.15, 0.2) is 24.3 Å². The maximum Gasteiger partial charge on any atom is 0.226 e. The molecule has 0 saturated heterocycles. The Labute approximate surface area is 127 Å². The summed E-state index contributed by atoms with van der Waals surface area (Å²) in [7, 11) is 0. The van der Waals surface area contributed by atoms with E-state index >= 15 is 0 Å². The Hall–Kier alpha value is -1.51. The van der Waals surface area contributed by atoms with E-state index in [9.17, 15) is 4.79 Å². The predicted octanol–water partition coefficient (Wildman–Crippen LogP) is 3.44. The fourth-order valence-corrected chi connectivity index (χ4v) is 4.09. The highest BCUT2D eigenvalue weighted by Crippen LogP contribution is 2.49. The van der Waals surface area contributed by atoms with Crippen molar-refractivity contribution in [1.82, 2.24) is 4.90 Å². The molecule has 0 heterocycles. The standard InChI is InChI=1S/C18H26N2O/c1-12(2)20(11-13-4-7-16(19)8-5-13)18(21)17-10-14-3-6-15(17)9-14/h4-5,7-8,12,14-15,17H,3,6,9-11,19H2,1-2H3. The summed E-state index contributed by atoms with van der Waals surface area (Å²) in [6, 6.07) is 8.12. The molecule has 1 aromatic carbocycles. The summed E-state index contributed by atoms with van der Waals surface area (Å²) in [6.07, 6.45) is 5.00. The van der Waals surface area contributed by atoms with Crippen molar-refractivity contribution in [2.45, 2.75) is 52.1 Å². The zero-order valence-corrected chi connectivity index (χ0v) is 13.1. The quantitative estimate of drug-likeness (QED) is 0.862. The van der Waals surface area contributed by atoms with Crippen LogP contribution in [-0.2, 0) is 11.3 Å². The van der Waals surface area contributed by atoms with Crippen molar-refractivity contribution in [1.29, 1.82) is 0 Å². The second-order valence-corrected chi connectivity index (χ2v) is 7.08. The number of rotatable bonds is 4. The van der Waals surface area contributed by atoms with Crippen LogP contribution in [0.3, 0.4) is 0 Å². The number of nitrogens with zero attached hydrogens (tertiary/aromatic N) is 1. The SMILES string of the molecule is CC(C)N(Cc1ccc(N)cc1)C(=O)C1CC2CCC1C2. The second kappa shape index (κ2) is 5.70. The van der Waals surface area contributed by atoms with Gasteiger partial charge in [0, 0.05) is 24.2 Å². The third-order valence-electron chi connectivity index (χ3n) is 5.29. The van der Waals surface area contributed by atoms with Gasteiger partial charge in [-0.3, -0.25) is 4.79 Å². The highest BCUT2D eigenvalue weighted by atomic mass is 16.2. The van der Waals surface area contributed by atoms with Crippen LogP contribution in [0.25, 0.3) is 0 Å². The van der Waals surface area contributed by atoms with Gasteiger partial charge >= 0.3 is 0 Å². The van der Waals surface area contributed by atoms with E-state index in [4.69, 9.17) is 5.73 Å². The van der Waals surface area contributed by atoms with Gasteiger partial charge in [-0.15, -0.1) is 0 Å². The minimum Gasteiger partial charge on any atom is -0.399 e. The summed E-state index contributed by atoms with van der Waals surface area (Å²) in [6.45, 7) is 4.93. The number of carbonyl (C=O) groups is 1. The van der Waals surface area contributed by atoms with E-state index in [2.05, 4.69) is 18.7 Å². The van der Waals surface area contributed by atoms with Gasteiger partial charge in [-0.2, -0.15) is 0 Å². The molecule has 3 nitrogen and oxygen atoms in total. The smallest absolute Gasteiger partial charge is 0.226 e. The van der Waals surface area contributed by atoms with Crippen LogP contribution in [0.4, 0.5) is 5.69 Å². The number of benzene rings is 1. The normalized spacial score (nSPS) is 27.3. The Morgan fingerprint density at radius 3 is 2.48 bits per heavy atom. The monoisotopic (exact) mass is 286 g/mol. The maximum atomic E-state index is 12.9. The molecular weight excluding hydrogens is 260 g/mol. The molecule has 1 aromatic rings. The molecule has 21 heavy (non-hydrogen) atoms. The Balaban J connectivity index is 1.72. The van der Waals surface area contributed by atoms with E-state index in [0.29, 0.717) is 18.4 Å². The van der Waals surface area contributed by atoms with Gasteiger partial charge in [0.1, 0.15) is 0 Å². The summed E-state index contributed by atoms with van der Waals surface area (Å²) in [5.74, 6) is 2.11. The number of anilines is 1. The lowest BCUT2D eigenvalue weighted by Gasteiger charge is -2.32. The van der Waals surface area contributed by atoms with Crippen molar-refractivity contribution in [3.63, 3.8) is 0 Å². The van der Waals surface area contributed by atoms with Crippen LogP contribution in [0.1, 0.15) is 45.1 Å². The number of hydrogen-bond donors (Lipinski definition) is 1. The zero-order chi connectivity index (χ0) is 15.0. The second-order valence-electron chi connectivity index (χ2n) is 7.08. The molecule has 3 rings (SSSR count). The van der Waals surface area contributed by atoms with Crippen molar-refractivity contribution in [3.8, 4) is 0 Å². The molecule has 3 heteroatoms. The lowest BCUT2D eigenvalue weighted by Crippen LogP contribution is -2.41. The lowest BCUT2D eigenvalue weighted by molar-refractivity contribution is -0.139. The Morgan fingerprint density at radius 1 is 1.24 bits per heavy atom. The van der Waals surface area contributed by atoms with Gasteiger partial charge in [0.2, 0.25) is 5.91 Å². The Morgan fingerprint density at radius 2 is 1.95 bits per heavy atom. The first-order valence-corrected chi connectivity index (χ1v) is 8.19. The number of amides is 1. The van der Waals surface area contributed by atoms with Crippen LogP contribution in [0.5, 0.6) is 0 Å². The highest BCUT2D eigenvalue weighted by Gasteiger charge is 2.44. The highest BCUT2D eigenvalue weighted by molar-refractivity contribution is 5.80. The first kappa shape index (κ1) is 14.4. The molecule has 2 bridgehead atoms. The third kappa shape index (κ3) is 2.92. The van der Waals surface area contributed by atoms with Gasteiger partial charge in [0.05, 0.1) is 0 Å². The molecule has 114 valence electrons.